The van der Waals surface area contributed by atoms with Crippen LogP contribution in [0, 0.1) is 5.92 Å². The smallest absolute Gasteiger partial charge is 0.261 e. The van der Waals surface area contributed by atoms with Gasteiger partial charge in [-0.15, -0.1) is 36.2 Å². The maximum absolute atomic E-state index is 12.2. The maximum Gasteiger partial charge on any atom is 0.261 e. The molecule has 0 radical (unpaired) electrons. The van der Waals surface area contributed by atoms with Crippen molar-refractivity contribution in [3.63, 3.8) is 0 Å². The van der Waals surface area contributed by atoms with E-state index in [0.717, 1.165) is 16.3 Å². The molecule has 7 heteroatoms. The fourth-order valence-corrected chi connectivity index (χ4v) is 3.77. The predicted molar refractivity (Wildman–Crippen MR) is 87.1 cm³/mol. The summed E-state index contributed by atoms with van der Waals surface area (Å²) < 4.78 is 0. The fourth-order valence-electron chi connectivity index (χ4n) is 2.98. The Morgan fingerprint density at radius 3 is 2.55 bits per heavy atom. The summed E-state index contributed by atoms with van der Waals surface area (Å²) in [6.45, 7) is 3.93. The number of halogens is 2. The van der Waals surface area contributed by atoms with Crippen LogP contribution in [0.1, 0.15) is 27.4 Å². The normalized spacial score (nSPS) is 27.4. The van der Waals surface area contributed by atoms with Crippen molar-refractivity contribution in [3.05, 3.63) is 21.9 Å². The molecule has 3 fully saturated rings. The van der Waals surface area contributed by atoms with E-state index in [1.54, 1.807) is 0 Å². The lowest BCUT2D eigenvalue weighted by Gasteiger charge is -2.44. The average molecular weight is 338 g/mol. The molecule has 20 heavy (non-hydrogen) atoms. The number of nitrogens with one attached hydrogen (secondary N) is 1. The molecule has 0 spiro atoms. The van der Waals surface area contributed by atoms with Crippen LogP contribution in [-0.4, -0.2) is 36.5 Å². The zero-order valence-corrected chi connectivity index (χ0v) is 13.7. The van der Waals surface area contributed by atoms with E-state index in [9.17, 15) is 4.79 Å². The highest BCUT2D eigenvalue weighted by Gasteiger charge is 2.35. The highest BCUT2D eigenvalue weighted by molar-refractivity contribution is 7.14. The topological polar surface area (TPSA) is 58.4 Å². The summed E-state index contributed by atoms with van der Waals surface area (Å²) in [6, 6.07) is 4.16. The number of nitrogens with two attached hydrogens (primary N) is 1. The molecule has 3 N–H and O–H groups in total. The Labute approximate surface area is 135 Å². The van der Waals surface area contributed by atoms with Crippen molar-refractivity contribution < 1.29 is 4.79 Å². The third kappa shape index (κ3) is 3.65. The van der Waals surface area contributed by atoms with Crippen LogP contribution in [0.3, 0.4) is 0 Å². The van der Waals surface area contributed by atoms with Gasteiger partial charge in [-0.1, -0.05) is 0 Å². The number of hydrogen-bond donors (Lipinski definition) is 2. The van der Waals surface area contributed by atoms with Crippen LogP contribution >= 0.6 is 36.2 Å². The molecular weight excluding hydrogens is 317 g/mol. The first-order valence-electron chi connectivity index (χ1n) is 6.58. The van der Waals surface area contributed by atoms with Crippen molar-refractivity contribution in [3.8, 4) is 0 Å². The number of hydrogen-bond acceptors (Lipinski definition) is 4. The summed E-state index contributed by atoms with van der Waals surface area (Å²) in [5.41, 5.74) is 5.57. The number of thiophene rings is 1. The van der Waals surface area contributed by atoms with Crippen LogP contribution in [0.2, 0.25) is 0 Å². The molecule has 4 heterocycles. The van der Waals surface area contributed by atoms with Gasteiger partial charge >= 0.3 is 0 Å². The van der Waals surface area contributed by atoms with Gasteiger partial charge in [0, 0.05) is 24.0 Å². The van der Waals surface area contributed by atoms with Gasteiger partial charge in [0.1, 0.15) is 0 Å². The monoisotopic (exact) mass is 337 g/mol. The molecule has 0 saturated carbocycles. The van der Waals surface area contributed by atoms with Crippen molar-refractivity contribution >= 4 is 42.1 Å². The second-order valence-corrected chi connectivity index (χ2v) is 6.36. The summed E-state index contributed by atoms with van der Waals surface area (Å²) in [5.74, 6) is 0.742. The molecule has 0 aromatic carbocycles. The minimum absolute atomic E-state index is 0. The van der Waals surface area contributed by atoms with Gasteiger partial charge in [-0.3, -0.25) is 4.79 Å². The largest absolute Gasteiger partial charge is 0.347 e. The maximum atomic E-state index is 12.2. The minimum atomic E-state index is 0. The van der Waals surface area contributed by atoms with Crippen molar-refractivity contribution in [1.82, 2.24) is 10.2 Å². The van der Waals surface area contributed by atoms with Crippen molar-refractivity contribution in [2.24, 2.45) is 11.7 Å². The summed E-state index contributed by atoms with van der Waals surface area (Å²) in [7, 11) is 0. The molecule has 4 rings (SSSR count). The Hall–Kier alpha value is -0.330. The Morgan fingerprint density at radius 1 is 1.35 bits per heavy atom. The number of piperidine rings is 3. The Morgan fingerprint density at radius 2 is 2.05 bits per heavy atom. The van der Waals surface area contributed by atoms with Crippen LogP contribution < -0.4 is 11.1 Å². The first-order valence-corrected chi connectivity index (χ1v) is 7.40. The van der Waals surface area contributed by atoms with E-state index in [4.69, 9.17) is 5.73 Å². The zero-order valence-electron chi connectivity index (χ0n) is 11.2. The van der Waals surface area contributed by atoms with Gasteiger partial charge in [-0.2, -0.15) is 0 Å². The van der Waals surface area contributed by atoms with E-state index in [-0.39, 0.29) is 30.7 Å². The van der Waals surface area contributed by atoms with Gasteiger partial charge in [0.15, 0.2) is 0 Å². The second-order valence-electron chi connectivity index (χ2n) is 5.19. The van der Waals surface area contributed by atoms with Gasteiger partial charge < -0.3 is 16.0 Å². The summed E-state index contributed by atoms with van der Waals surface area (Å²) >= 11 is 1.50. The number of rotatable bonds is 3. The third-order valence-electron chi connectivity index (χ3n) is 4.06. The molecule has 3 aliphatic rings. The Bertz CT molecular complexity index is 447. The molecule has 114 valence electrons. The third-order valence-corrected chi connectivity index (χ3v) is 5.17. The van der Waals surface area contributed by atoms with Gasteiger partial charge in [-0.05, 0) is 44.0 Å². The SMILES string of the molecule is Cl.Cl.NCc1ccc(C(=O)NC2CN3CCC2CC3)s1. The van der Waals surface area contributed by atoms with E-state index in [2.05, 4.69) is 10.2 Å². The highest BCUT2D eigenvalue weighted by Crippen LogP contribution is 2.28. The standard InChI is InChI=1S/C13H19N3OS.2ClH/c14-7-10-1-2-12(18-10)13(17)15-11-8-16-5-3-9(11)4-6-16;;/h1-2,9,11H,3-8,14H2,(H,15,17);2*1H. The lowest BCUT2D eigenvalue weighted by Crippen LogP contribution is -2.57. The van der Waals surface area contributed by atoms with E-state index in [1.165, 1.54) is 37.3 Å². The molecule has 1 amide bonds. The van der Waals surface area contributed by atoms with Crippen molar-refractivity contribution in [2.45, 2.75) is 25.4 Å². The molecule has 1 atom stereocenters. The molecule has 1 aromatic rings. The van der Waals surface area contributed by atoms with E-state index >= 15 is 0 Å². The highest BCUT2D eigenvalue weighted by atomic mass is 35.5. The number of fused-ring (bicyclic) bond motifs is 3. The molecule has 2 bridgehead atoms. The van der Waals surface area contributed by atoms with Gasteiger partial charge in [0.05, 0.1) is 4.88 Å². The van der Waals surface area contributed by atoms with Crippen LogP contribution in [0.5, 0.6) is 0 Å². The van der Waals surface area contributed by atoms with Gasteiger partial charge in [0.2, 0.25) is 0 Å². The molecule has 4 nitrogen and oxygen atoms in total. The second kappa shape index (κ2) is 7.61. The number of nitrogens with zero attached hydrogens (tertiary/aromatic N) is 1. The van der Waals surface area contributed by atoms with E-state index < -0.39 is 0 Å². The molecular formula is C13H21Cl2N3OS. The quantitative estimate of drug-likeness (QED) is 0.885. The molecule has 0 aliphatic carbocycles. The number of carbonyl (C=O) groups is 1. The first kappa shape index (κ1) is 17.7. The van der Waals surface area contributed by atoms with E-state index in [0.29, 0.717) is 18.5 Å². The molecule has 3 saturated heterocycles. The van der Waals surface area contributed by atoms with Gasteiger partial charge in [-0.25, -0.2) is 0 Å². The Balaban J connectivity index is 0.000001000. The number of carbonyl (C=O) groups excluding carboxylic acids is 1. The zero-order chi connectivity index (χ0) is 12.5. The predicted octanol–water partition coefficient (Wildman–Crippen LogP) is 1.87. The lowest BCUT2D eigenvalue weighted by molar-refractivity contribution is 0.0622. The fraction of sp³-hybridized carbons (Fsp3) is 0.615. The molecule has 1 unspecified atom stereocenters. The van der Waals surface area contributed by atoms with Crippen LogP contribution in [0.4, 0.5) is 0 Å². The van der Waals surface area contributed by atoms with Crippen molar-refractivity contribution in [2.75, 3.05) is 19.6 Å². The average Bonchev–Trinajstić information content (AvgIpc) is 2.89. The summed E-state index contributed by atoms with van der Waals surface area (Å²) in [4.78, 5) is 16.5. The minimum Gasteiger partial charge on any atom is -0.347 e. The summed E-state index contributed by atoms with van der Waals surface area (Å²) in [5, 5.41) is 3.19. The van der Waals surface area contributed by atoms with Gasteiger partial charge in [0.25, 0.3) is 5.91 Å². The first-order chi connectivity index (χ1) is 8.76. The Kier molecular flexibility index (Phi) is 6.75. The van der Waals surface area contributed by atoms with Crippen LogP contribution in [-0.2, 0) is 6.54 Å². The molecule has 3 aliphatic heterocycles. The van der Waals surface area contributed by atoms with E-state index in [1.807, 2.05) is 12.1 Å². The van der Waals surface area contributed by atoms with Crippen LogP contribution in [0.25, 0.3) is 0 Å². The lowest BCUT2D eigenvalue weighted by atomic mass is 9.84. The van der Waals surface area contributed by atoms with Crippen molar-refractivity contribution in [1.29, 1.82) is 0 Å². The summed E-state index contributed by atoms with van der Waals surface area (Å²) in [6.07, 6.45) is 2.45. The molecule has 1 aromatic heterocycles. The number of amides is 1. The van der Waals surface area contributed by atoms with Crippen LogP contribution in [0.15, 0.2) is 12.1 Å².